The van der Waals surface area contributed by atoms with Crippen molar-refractivity contribution in [3.8, 4) is 0 Å². The first kappa shape index (κ1) is 18.2. The zero-order valence-corrected chi connectivity index (χ0v) is 13.2. The van der Waals surface area contributed by atoms with E-state index in [0.29, 0.717) is 4.57 Å². The molecule has 0 bridgehead atoms. The van der Waals surface area contributed by atoms with Gasteiger partial charge in [0.25, 0.3) is 0 Å². The second-order valence-electron chi connectivity index (χ2n) is 4.84. The molecule has 4 unspecified atom stereocenters. The summed E-state index contributed by atoms with van der Waals surface area (Å²) in [4.78, 5) is 26.2. The molecule has 3 N–H and O–H groups in total. The van der Waals surface area contributed by atoms with Gasteiger partial charge in [0.15, 0.2) is 6.10 Å². The van der Waals surface area contributed by atoms with Crippen LogP contribution in [-0.4, -0.2) is 51.0 Å². The first-order valence-electron chi connectivity index (χ1n) is 6.18. The number of anilines is 1. The number of hydrogen-bond donors (Lipinski definition) is 3. The topological polar surface area (TPSA) is 123 Å². The maximum atomic E-state index is 14.1. The molecule has 1 saturated heterocycles. The first-order chi connectivity index (χ1) is 10.6. The van der Waals surface area contributed by atoms with E-state index in [1.165, 1.54) is 0 Å². The van der Waals surface area contributed by atoms with Crippen molar-refractivity contribution in [3.63, 3.8) is 0 Å². The second kappa shape index (κ2) is 6.42. The fourth-order valence-corrected chi connectivity index (χ4v) is 2.49. The number of alkyl halides is 2. The molecule has 0 saturated carbocycles. The van der Waals surface area contributed by atoms with Gasteiger partial charge in [-0.25, -0.2) is 4.79 Å². The van der Waals surface area contributed by atoms with Crippen LogP contribution in [0.4, 0.5) is 14.6 Å². The molecule has 13 heteroatoms. The van der Waals surface area contributed by atoms with Crippen LogP contribution in [0.5, 0.6) is 0 Å². The van der Waals surface area contributed by atoms with Crippen LogP contribution in [0.1, 0.15) is 6.23 Å². The standard InChI is InChI=1S/C10H13ClF2N3O6P/c1-23(19,20)21-4-5-7(17)10(12,13)8(22-5)16-3-2-6(15-11)14-9(16)18/h2-3,5,7-8,17H,4H2,1H3,(H,19,20)(H,14,15,18). The minimum absolute atomic E-state index is 0.0538. The summed E-state index contributed by atoms with van der Waals surface area (Å²) in [5.41, 5.74) is -1.09. The highest BCUT2D eigenvalue weighted by Gasteiger charge is 2.59. The fourth-order valence-electron chi connectivity index (χ4n) is 1.96. The van der Waals surface area contributed by atoms with Crippen LogP contribution >= 0.6 is 19.4 Å². The van der Waals surface area contributed by atoms with Gasteiger partial charge in [0.05, 0.1) is 6.61 Å². The summed E-state index contributed by atoms with van der Waals surface area (Å²) < 4.78 is 49.2. The van der Waals surface area contributed by atoms with Crippen molar-refractivity contribution < 1.29 is 32.6 Å². The Labute approximate surface area is 133 Å². The van der Waals surface area contributed by atoms with Gasteiger partial charge in [-0.05, 0) is 6.07 Å². The molecule has 0 amide bonds. The molecule has 1 aromatic heterocycles. The molecule has 0 spiro atoms. The first-order valence-corrected chi connectivity index (χ1v) is 8.58. The van der Waals surface area contributed by atoms with Gasteiger partial charge in [-0.3, -0.25) is 14.0 Å². The highest BCUT2D eigenvalue weighted by molar-refractivity contribution is 7.51. The van der Waals surface area contributed by atoms with Crippen molar-refractivity contribution in [2.24, 2.45) is 0 Å². The number of rotatable bonds is 5. The zero-order valence-electron chi connectivity index (χ0n) is 11.6. The van der Waals surface area contributed by atoms with Crippen LogP contribution in [0.15, 0.2) is 17.1 Å². The van der Waals surface area contributed by atoms with Crippen molar-refractivity contribution in [3.05, 3.63) is 22.7 Å². The number of hydrogen-bond acceptors (Lipinski definition) is 7. The Bertz CT molecular complexity index is 683. The minimum Gasteiger partial charge on any atom is -0.384 e. The van der Waals surface area contributed by atoms with Crippen molar-refractivity contribution >= 4 is 25.2 Å². The molecular weight excluding hydrogens is 363 g/mol. The Balaban J connectivity index is 2.26. The maximum absolute atomic E-state index is 14.1. The fraction of sp³-hybridized carbons (Fsp3) is 0.600. The monoisotopic (exact) mass is 375 g/mol. The summed E-state index contributed by atoms with van der Waals surface area (Å²) in [6.45, 7) is 0.108. The number of aliphatic hydroxyl groups excluding tert-OH is 1. The van der Waals surface area contributed by atoms with Gasteiger partial charge < -0.3 is 19.3 Å². The second-order valence-corrected chi connectivity index (χ2v) is 6.90. The number of nitrogens with zero attached hydrogens (tertiary/aromatic N) is 2. The molecule has 2 heterocycles. The molecule has 1 aromatic rings. The third-order valence-electron chi connectivity index (χ3n) is 3.04. The third-order valence-corrected chi connectivity index (χ3v) is 3.86. The molecule has 0 aromatic carbocycles. The molecule has 9 nitrogen and oxygen atoms in total. The van der Waals surface area contributed by atoms with E-state index in [1.807, 2.05) is 0 Å². The summed E-state index contributed by atoms with van der Waals surface area (Å²) in [7, 11) is -3.94. The average Bonchev–Trinajstić information content (AvgIpc) is 2.67. The lowest BCUT2D eigenvalue weighted by Gasteiger charge is -2.21. The molecule has 23 heavy (non-hydrogen) atoms. The summed E-state index contributed by atoms with van der Waals surface area (Å²) in [6.07, 6.45) is -5.12. The molecule has 130 valence electrons. The Morgan fingerprint density at radius 1 is 1.65 bits per heavy atom. The smallest absolute Gasteiger partial charge is 0.351 e. The van der Waals surface area contributed by atoms with E-state index in [2.05, 4.69) is 14.3 Å². The molecular formula is C10H13ClF2N3O6P. The molecule has 1 aliphatic heterocycles. The number of ether oxygens (including phenoxy) is 1. The minimum atomic E-state index is -3.94. The van der Waals surface area contributed by atoms with Gasteiger partial charge in [0.2, 0.25) is 6.23 Å². The maximum Gasteiger partial charge on any atom is 0.351 e. The summed E-state index contributed by atoms with van der Waals surface area (Å²) in [5.74, 6) is -3.90. The van der Waals surface area contributed by atoms with Crippen LogP contribution in [0.25, 0.3) is 0 Å². The van der Waals surface area contributed by atoms with Crippen molar-refractivity contribution in [2.75, 3.05) is 18.1 Å². The van der Waals surface area contributed by atoms with E-state index in [-0.39, 0.29) is 5.82 Å². The summed E-state index contributed by atoms with van der Waals surface area (Å²) >= 11 is 5.25. The number of aromatic nitrogens is 2. The normalized spacial score (nSPS) is 29.2. The molecule has 4 atom stereocenters. The predicted octanol–water partition coefficient (Wildman–Crippen LogP) is 0.534. The van der Waals surface area contributed by atoms with Crippen LogP contribution < -0.4 is 10.5 Å². The Morgan fingerprint density at radius 2 is 2.30 bits per heavy atom. The van der Waals surface area contributed by atoms with Gasteiger partial charge in [0.1, 0.15) is 11.9 Å². The molecule has 0 radical (unpaired) electrons. The largest absolute Gasteiger partial charge is 0.384 e. The van der Waals surface area contributed by atoms with Gasteiger partial charge in [-0.1, -0.05) is 0 Å². The Kier molecular flexibility index (Phi) is 5.09. The SMILES string of the molecule is CP(=O)(O)OCC1OC(n2ccc(NCl)nc2=O)C(F)(F)C1O. The third kappa shape index (κ3) is 3.87. The van der Waals surface area contributed by atoms with Crippen LogP contribution in [0.3, 0.4) is 0 Å². The van der Waals surface area contributed by atoms with Gasteiger partial charge in [-0.2, -0.15) is 13.8 Å². The zero-order chi connectivity index (χ0) is 17.4. The molecule has 2 rings (SSSR count). The van der Waals surface area contributed by atoms with Gasteiger partial charge in [-0.15, -0.1) is 0 Å². The van der Waals surface area contributed by atoms with Crippen LogP contribution in [0, 0.1) is 0 Å². The van der Waals surface area contributed by atoms with Crippen LogP contribution in [0.2, 0.25) is 0 Å². The number of aliphatic hydroxyl groups is 1. The molecule has 1 aliphatic rings. The van der Waals surface area contributed by atoms with E-state index in [9.17, 15) is 23.2 Å². The average molecular weight is 376 g/mol. The predicted molar refractivity (Wildman–Crippen MR) is 74.5 cm³/mol. The van der Waals surface area contributed by atoms with Crippen molar-refractivity contribution in [1.82, 2.24) is 9.55 Å². The summed E-state index contributed by atoms with van der Waals surface area (Å²) in [5, 5.41) is 9.64. The highest BCUT2D eigenvalue weighted by atomic mass is 35.5. The van der Waals surface area contributed by atoms with Crippen LogP contribution in [-0.2, 0) is 13.8 Å². The Morgan fingerprint density at radius 3 is 2.83 bits per heavy atom. The van der Waals surface area contributed by atoms with E-state index < -0.39 is 44.3 Å². The lowest BCUT2D eigenvalue weighted by atomic mass is 10.1. The highest BCUT2D eigenvalue weighted by Crippen LogP contribution is 2.44. The van der Waals surface area contributed by atoms with Crippen molar-refractivity contribution in [1.29, 1.82) is 0 Å². The van der Waals surface area contributed by atoms with Gasteiger partial charge >= 0.3 is 19.2 Å². The Hall–Kier alpha value is -1.10. The van der Waals surface area contributed by atoms with Gasteiger partial charge in [0, 0.05) is 24.6 Å². The molecule has 0 aliphatic carbocycles. The molecule has 1 fully saturated rings. The van der Waals surface area contributed by atoms with E-state index in [1.54, 1.807) is 0 Å². The number of nitrogens with one attached hydrogen (secondary N) is 1. The van der Waals surface area contributed by atoms with E-state index >= 15 is 0 Å². The lowest BCUT2D eigenvalue weighted by Crippen LogP contribution is -2.41. The lowest BCUT2D eigenvalue weighted by molar-refractivity contribution is -0.140. The van der Waals surface area contributed by atoms with E-state index in [0.717, 1.165) is 18.9 Å². The van der Waals surface area contributed by atoms with Crippen molar-refractivity contribution in [2.45, 2.75) is 24.4 Å². The summed E-state index contributed by atoms with van der Waals surface area (Å²) in [6, 6.07) is 1.15. The number of halogens is 3. The quantitative estimate of drug-likeness (QED) is 0.503. The van der Waals surface area contributed by atoms with E-state index in [4.69, 9.17) is 21.4 Å².